The Kier molecular flexibility index (Phi) is 4.78. The molecule has 0 bridgehead atoms. The second kappa shape index (κ2) is 6.58. The molecule has 1 heterocycles. The molecule has 0 unspecified atom stereocenters. The van der Waals surface area contributed by atoms with Crippen molar-refractivity contribution in [3.63, 3.8) is 0 Å². The van der Waals surface area contributed by atoms with E-state index in [0.717, 1.165) is 5.56 Å². The lowest BCUT2D eigenvalue weighted by Gasteiger charge is -2.06. The molecule has 0 saturated carbocycles. The van der Waals surface area contributed by atoms with Gasteiger partial charge in [0.25, 0.3) is 0 Å². The van der Waals surface area contributed by atoms with Crippen LogP contribution in [-0.2, 0) is 23.5 Å². The molecule has 22 heavy (non-hydrogen) atoms. The second-order valence-corrected chi connectivity index (χ2v) is 6.26. The molecule has 1 aromatic carbocycles. The minimum atomic E-state index is -3.67. The largest absolute Gasteiger partial charge is 0.337 e. The fourth-order valence-electron chi connectivity index (χ4n) is 1.81. The number of benzene rings is 1. The summed E-state index contributed by atoms with van der Waals surface area (Å²) >= 11 is 0. The van der Waals surface area contributed by atoms with Crippen LogP contribution in [0.3, 0.4) is 0 Å². The molecule has 2 aromatic rings. The molecule has 0 aliphatic carbocycles. The van der Waals surface area contributed by atoms with E-state index >= 15 is 0 Å². The van der Waals surface area contributed by atoms with Crippen molar-refractivity contribution in [3.8, 4) is 0 Å². The minimum Gasteiger partial charge on any atom is -0.337 e. The van der Waals surface area contributed by atoms with Gasteiger partial charge in [-0.05, 0) is 24.1 Å². The summed E-state index contributed by atoms with van der Waals surface area (Å²) in [5, 5.41) is 14.3. The van der Waals surface area contributed by atoms with Crippen LogP contribution in [0.25, 0.3) is 0 Å². The SMILES string of the molecule is Cn1ccc(NC(=O)NCCc2ccc(S(N)(=O)=O)cc2)n1. The van der Waals surface area contributed by atoms with E-state index in [1.54, 1.807) is 36.1 Å². The monoisotopic (exact) mass is 323 g/mol. The van der Waals surface area contributed by atoms with Gasteiger partial charge in [-0.3, -0.25) is 10.00 Å². The Balaban J connectivity index is 1.79. The summed E-state index contributed by atoms with van der Waals surface area (Å²) in [6, 6.07) is 7.55. The number of carbonyl (C=O) groups excluding carboxylic acids is 1. The third-order valence-corrected chi connectivity index (χ3v) is 3.84. The normalized spacial score (nSPS) is 11.2. The van der Waals surface area contributed by atoms with E-state index in [0.29, 0.717) is 18.8 Å². The predicted molar refractivity (Wildman–Crippen MR) is 81.7 cm³/mol. The summed E-state index contributed by atoms with van der Waals surface area (Å²) in [6.07, 6.45) is 2.29. The molecule has 0 radical (unpaired) electrons. The quantitative estimate of drug-likeness (QED) is 0.739. The first kappa shape index (κ1) is 16.0. The van der Waals surface area contributed by atoms with Crippen LogP contribution in [0.5, 0.6) is 0 Å². The van der Waals surface area contributed by atoms with Crippen molar-refractivity contribution in [2.75, 3.05) is 11.9 Å². The van der Waals surface area contributed by atoms with Crippen molar-refractivity contribution < 1.29 is 13.2 Å². The molecule has 9 heteroatoms. The summed E-state index contributed by atoms with van der Waals surface area (Å²) in [4.78, 5) is 11.7. The topological polar surface area (TPSA) is 119 Å². The van der Waals surface area contributed by atoms with Gasteiger partial charge in [0.15, 0.2) is 5.82 Å². The molecule has 0 aliphatic heterocycles. The summed E-state index contributed by atoms with van der Waals surface area (Å²) in [6.45, 7) is 0.410. The number of aryl methyl sites for hydroxylation is 1. The lowest BCUT2D eigenvalue weighted by molar-refractivity contribution is 0.252. The van der Waals surface area contributed by atoms with Gasteiger partial charge in [-0.15, -0.1) is 0 Å². The molecule has 0 saturated heterocycles. The van der Waals surface area contributed by atoms with Crippen molar-refractivity contribution in [1.29, 1.82) is 0 Å². The summed E-state index contributed by atoms with van der Waals surface area (Å²) in [5.74, 6) is 0.470. The Morgan fingerprint density at radius 1 is 1.27 bits per heavy atom. The van der Waals surface area contributed by atoms with E-state index in [4.69, 9.17) is 5.14 Å². The summed E-state index contributed by atoms with van der Waals surface area (Å²) in [7, 11) is -1.92. The Morgan fingerprint density at radius 3 is 2.50 bits per heavy atom. The van der Waals surface area contributed by atoms with Gasteiger partial charge in [-0.1, -0.05) is 12.1 Å². The lowest BCUT2D eigenvalue weighted by atomic mass is 10.1. The molecule has 0 spiro atoms. The van der Waals surface area contributed by atoms with Crippen molar-refractivity contribution >= 4 is 21.9 Å². The highest BCUT2D eigenvalue weighted by Crippen LogP contribution is 2.09. The van der Waals surface area contributed by atoms with E-state index in [9.17, 15) is 13.2 Å². The third kappa shape index (κ3) is 4.57. The zero-order valence-electron chi connectivity index (χ0n) is 12.0. The van der Waals surface area contributed by atoms with Gasteiger partial charge in [-0.25, -0.2) is 18.4 Å². The molecular formula is C13H17N5O3S. The first-order valence-electron chi connectivity index (χ1n) is 6.51. The highest BCUT2D eigenvalue weighted by molar-refractivity contribution is 7.89. The molecule has 2 amide bonds. The number of primary sulfonamides is 1. The molecule has 0 atom stereocenters. The van der Waals surface area contributed by atoms with Crippen molar-refractivity contribution in [3.05, 3.63) is 42.1 Å². The minimum absolute atomic E-state index is 0.0668. The van der Waals surface area contributed by atoms with Gasteiger partial charge >= 0.3 is 6.03 Å². The molecule has 8 nitrogen and oxygen atoms in total. The number of sulfonamides is 1. The van der Waals surface area contributed by atoms with E-state index in [1.807, 2.05) is 0 Å². The number of hydrogen-bond donors (Lipinski definition) is 3. The number of nitrogens with one attached hydrogen (secondary N) is 2. The number of rotatable bonds is 5. The third-order valence-electron chi connectivity index (χ3n) is 2.91. The van der Waals surface area contributed by atoms with E-state index in [1.165, 1.54) is 12.1 Å². The molecule has 4 N–H and O–H groups in total. The van der Waals surface area contributed by atoms with Gasteiger partial charge in [0, 0.05) is 25.9 Å². The maximum atomic E-state index is 11.6. The average molecular weight is 323 g/mol. The summed E-state index contributed by atoms with van der Waals surface area (Å²) < 4.78 is 23.8. The second-order valence-electron chi connectivity index (χ2n) is 4.69. The number of carbonyl (C=O) groups is 1. The fraction of sp³-hybridized carbons (Fsp3) is 0.231. The Morgan fingerprint density at radius 2 is 1.95 bits per heavy atom. The fourth-order valence-corrected chi connectivity index (χ4v) is 2.32. The van der Waals surface area contributed by atoms with E-state index < -0.39 is 10.0 Å². The van der Waals surface area contributed by atoms with E-state index in [2.05, 4.69) is 15.7 Å². The van der Waals surface area contributed by atoms with Crippen LogP contribution in [0.2, 0.25) is 0 Å². The van der Waals surface area contributed by atoms with Gasteiger partial charge in [-0.2, -0.15) is 5.10 Å². The van der Waals surface area contributed by atoms with Crippen molar-refractivity contribution in [2.24, 2.45) is 12.2 Å². The van der Waals surface area contributed by atoms with Gasteiger partial charge in [0.2, 0.25) is 10.0 Å². The molecule has 2 rings (SSSR count). The maximum absolute atomic E-state index is 11.6. The number of aromatic nitrogens is 2. The van der Waals surface area contributed by atoms with Crippen LogP contribution in [0.4, 0.5) is 10.6 Å². The maximum Gasteiger partial charge on any atom is 0.320 e. The number of nitrogens with zero attached hydrogens (tertiary/aromatic N) is 2. The average Bonchev–Trinajstić information content (AvgIpc) is 2.83. The Labute approximate surface area is 128 Å². The number of anilines is 1. The standard InChI is InChI=1S/C13H17N5O3S/c1-18-9-7-12(17-18)16-13(19)15-8-6-10-2-4-11(5-3-10)22(14,20)21/h2-5,7,9H,6,8H2,1H3,(H2,14,20,21)(H2,15,16,17,19). The highest BCUT2D eigenvalue weighted by atomic mass is 32.2. The first-order valence-corrected chi connectivity index (χ1v) is 8.05. The molecule has 0 aliphatic rings. The van der Waals surface area contributed by atoms with Gasteiger partial charge in [0.05, 0.1) is 4.90 Å². The number of nitrogens with two attached hydrogens (primary N) is 1. The smallest absolute Gasteiger partial charge is 0.320 e. The zero-order chi connectivity index (χ0) is 16.2. The number of urea groups is 1. The molecule has 118 valence electrons. The van der Waals surface area contributed by atoms with Crippen LogP contribution in [0.1, 0.15) is 5.56 Å². The lowest BCUT2D eigenvalue weighted by Crippen LogP contribution is -2.30. The Hall–Kier alpha value is -2.39. The van der Waals surface area contributed by atoms with E-state index in [-0.39, 0.29) is 10.9 Å². The van der Waals surface area contributed by atoms with Crippen molar-refractivity contribution in [2.45, 2.75) is 11.3 Å². The van der Waals surface area contributed by atoms with Crippen molar-refractivity contribution in [1.82, 2.24) is 15.1 Å². The predicted octanol–water partition coefficient (Wildman–Crippen LogP) is 0.432. The van der Waals surface area contributed by atoms with Crippen LogP contribution < -0.4 is 15.8 Å². The van der Waals surface area contributed by atoms with Crippen LogP contribution in [-0.4, -0.2) is 30.8 Å². The molecular weight excluding hydrogens is 306 g/mol. The van der Waals surface area contributed by atoms with Gasteiger partial charge in [0.1, 0.15) is 0 Å². The van der Waals surface area contributed by atoms with Gasteiger partial charge < -0.3 is 5.32 Å². The molecule has 0 fully saturated rings. The zero-order valence-corrected chi connectivity index (χ0v) is 12.8. The summed E-state index contributed by atoms with van der Waals surface area (Å²) in [5.41, 5.74) is 0.894. The molecule has 1 aromatic heterocycles. The van der Waals surface area contributed by atoms with Crippen LogP contribution in [0.15, 0.2) is 41.4 Å². The van der Waals surface area contributed by atoms with Crippen LogP contribution in [0, 0.1) is 0 Å². The number of hydrogen-bond acceptors (Lipinski definition) is 4. The highest BCUT2D eigenvalue weighted by Gasteiger charge is 2.07. The van der Waals surface area contributed by atoms with Crippen LogP contribution >= 0.6 is 0 Å². The first-order chi connectivity index (χ1) is 10.3. The Bertz CT molecular complexity index is 752. The number of amides is 2.